The number of nitrogens with zero attached hydrogens (tertiary/aromatic N) is 1. The molecule has 5 nitrogen and oxygen atoms in total. The lowest BCUT2D eigenvalue weighted by molar-refractivity contribution is 0.0860. The minimum absolute atomic E-state index is 0.114. The van der Waals surface area contributed by atoms with Crippen LogP contribution in [-0.2, 0) is 11.3 Å². The number of thiazole rings is 1. The van der Waals surface area contributed by atoms with Crippen molar-refractivity contribution in [3.05, 3.63) is 45.7 Å². The third-order valence-corrected chi connectivity index (χ3v) is 4.87. The van der Waals surface area contributed by atoms with E-state index in [9.17, 15) is 9.18 Å². The van der Waals surface area contributed by atoms with Crippen LogP contribution in [0.4, 0.5) is 4.39 Å². The molecule has 1 amide bonds. The summed E-state index contributed by atoms with van der Waals surface area (Å²) in [6, 6.07) is 5.80. The molecule has 1 aliphatic heterocycles. The molecule has 0 spiro atoms. The van der Waals surface area contributed by atoms with Crippen molar-refractivity contribution in [1.29, 1.82) is 0 Å². The van der Waals surface area contributed by atoms with Gasteiger partial charge < -0.3 is 14.8 Å². The van der Waals surface area contributed by atoms with Crippen LogP contribution in [0.1, 0.15) is 33.2 Å². The lowest BCUT2D eigenvalue weighted by Gasteiger charge is -2.09. The summed E-state index contributed by atoms with van der Waals surface area (Å²) in [5.74, 6) is 0.125. The zero-order valence-corrected chi connectivity index (χ0v) is 14.2. The zero-order chi connectivity index (χ0) is 16.9. The van der Waals surface area contributed by atoms with Crippen LogP contribution in [0.25, 0.3) is 0 Å². The third kappa shape index (κ3) is 4.30. The number of aryl methyl sites for hydroxylation is 1. The summed E-state index contributed by atoms with van der Waals surface area (Å²) in [6.07, 6.45) is 2.15. The minimum Gasteiger partial charge on any atom is -0.486 e. The van der Waals surface area contributed by atoms with Gasteiger partial charge in [-0.15, -0.1) is 11.3 Å². The van der Waals surface area contributed by atoms with Crippen LogP contribution in [0.3, 0.4) is 0 Å². The second-order valence-corrected chi connectivity index (χ2v) is 6.69. The first-order valence-corrected chi connectivity index (χ1v) is 8.68. The molecule has 0 saturated carbocycles. The van der Waals surface area contributed by atoms with E-state index >= 15 is 0 Å². The van der Waals surface area contributed by atoms with Crippen molar-refractivity contribution in [2.75, 3.05) is 13.2 Å². The van der Waals surface area contributed by atoms with Gasteiger partial charge in [0.2, 0.25) is 0 Å². The Morgan fingerprint density at radius 3 is 2.96 bits per heavy atom. The lowest BCUT2D eigenvalue weighted by Crippen LogP contribution is -2.31. The molecule has 128 valence electrons. The number of amides is 1. The van der Waals surface area contributed by atoms with Crippen LogP contribution >= 0.6 is 11.3 Å². The maximum Gasteiger partial charge on any atom is 0.263 e. The molecule has 1 aromatic heterocycles. The average Bonchev–Trinajstić information content (AvgIpc) is 3.22. The fourth-order valence-electron chi connectivity index (χ4n) is 2.49. The summed E-state index contributed by atoms with van der Waals surface area (Å²) in [6.45, 7) is 3.34. The van der Waals surface area contributed by atoms with E-state index in [1.165, 1.54) is 23.5 Å². The molecule has 24 heavy (non-hydrogen) atoms. The van der Waals surface area contributed by atoms with E-state index in [1.54, 1.807) is 19.1 Å². The Hall–Kier alpha value is -1.99. The number of rotatable bonds is 6. The standard InChI is InChI=1S/C17H19FN2O3S/c1-11-16(17(21)19-9-14-3-2-8-22-14)24-15(20-11)10-23-13-6-4-12(18)5-7-13/h4-7,14H,2-3,8-10H2,1H3,(H,19,21)/t14-/m0/s1. The van der Waals surface area contributed by atoms with Gasteiger partial charge in [-0.3, -0.25) is 4.79 Å². The number of hydrogen-bond donors (Lipinski definition) is 1. The Kier molecular flexibility index (Phi) is 5.42. The highest BCUT2D eigenvalue weighted by Crippen LogP contribution is 2.21. The number of aromatic nitrogens is 1. The summed E-state index contributed by atoms with van der Waals surface area (Å²) < 4.78 is 23.9. The molecule has 1 saturated heterocycles. The van der Waals surface area contributed by atoms with Crippen molar-refractivity contribution in [2.24, 2.45) is 0 Å². The number of ether oxygens (including phenoxy) is 2. The van der Waals surface area contributed by atoms with Gasteiger partial charge in [-0.05, 0) is 44.0 Å². The Morgan fingerprint density at radius 2 is 2.25 bits per heavy atom. The molecule has 1 aromatic carbocycles. The van der Waals surface area contributed by atoms with E-state index in [4.69, 9.17) is 9.47 Å². The van der Waals surface area contributed by atoms with E-state index < -0.39 is 0 Å². The molecule has 2 heterocycles. The van der Waals surface area contributed by atoms with Gasteiger partial charge in [-0.1, -0.05) is 0 Å². The highest BCUT2D eigenvalue weighted by molar-refractivity contribution is 7.13. The molecule has 1 atom stereocenters. The Labute approximate surface area is 143 Å². The molecule has 0 unspecified atom stereocenters. The highest BCUT2D eigenvalue weighted by Gasteiger charge is 2.19. The predicted octanol–water partition coefficient (Wildman–Crippen LogP) is 3.08. The van der Waals surface area contributed by atoms with Gasteiger partial charge in [-0.25, -0.2) is 9.37 Å². The highest BCUT2D eigenvalue weighted by atomic mass is 32.1. The number of halogens is 1. The fraction of sp³-hybridized carbons (Fsp3) is 0.412. The summed E-state index contributed by atoms with van der Waals surface area (Å²) in [5.41, 5.74) is 0.683. The predicted molar refractivity (Wildman–Crippen MR) is 88.9 cm³/mol. The van der Waals surface area contributed by atoms with E-state index in [0.29, 0.717) is 27.9 Å². The lowest BCUT2D eigenvalue weighted by atomic mass is 10.2. The van der Waals surface area contributed by atoms with Crippen molar-refractivity contribution in [2.45, 2.75) is 32.5 Å². The molecular weight excluding hydrogens is 331 g/mol. The summed E-state index contributed by atoms with van der Waals surface area (Å²) in [5, 5.41) is 3.61. The number of nitrogens with one attached hydrogen (secondary N) is 1. The van der Waals surface area contributed by atoms with E-state index in [-0.39, 0.29) is 24.4 Å². The van der Waals surface area contributed by atoms with Gasteiger partial charge in [0.1, 0.15) is 28.1 Å². The molecule has 7 heteroatoms. The Balaban J connectivity index is 1.55. The van der Waals surface area contributed by atoms with Gasteiger partial charge in [0.15, 0.2) is 0 Å². The molecule has 0 radical (unpaired) electrons. The van der Waals surface area contributed by atoms with Crippen LogP contribution in [0.5, 0.6) is 5.75 Å². The van der Waals surface area contributed by atoms with Crippen LogP contribution < -0.4 is 10.1 Å². The van der Waals surface area contributed by atoms with Gasteiger partial charge in [0.25, 0.3) is 5.91 Å². The Morgan fingerprint density at radius 1 is 1.46 bits per heavy atom. The maximum absolute atomic E-state index is 12.9. The topological polar surface area (TPSA) is 60.5 Å². The normalized spacial score (nSPS) is 17.0. The summed E-state index contributed by atoms with van der Waals surface area (Å²) >= 11 is 1.31. The number of carbonyl (C=O) groups excluding carboxylic acids is 1. The fourth-order valence-corrected chi connectivity index (χ4v) is 3.39. The molecule has 1 aliphatic rings. The van der Waals surface area contributed by atoms with Crippen molar-refractivity contribution < 1.29 is 18.7 Å². The van der Waals surface area contributed by atoms with Crippen molar-refractivity contribution in [3.63, 3.8) is 0 Å². The molecular formula is C17H19FN2O3S. The first-order chi connectivity index (χ1) is 11.6. The van der Waals surface area contributed by atoms with Crippen LogP contribution in [0.15, 0.2) is 24.3 Å². The summed E-state index contributed by atoms with van der Waals surface area (Å²) in [4.78, 5) is 17.2. The summed E-state index contributed by atoms with van der Waals surface area (Å²) in [7, 11) is 0. The molecule has 0 bridgehead atoms. The van der Waals surface area contributed by atoms with E-state index in [2.05, 4.69) is 10.3 Å². The molecule has 1 fully saturated rings. The van der Waals surface area contributed by atoms with Crippen molar-refractivity contribution >= 4 is 17.2 Å². The first-order valence-electron chi connectivity index (χ1n) is 7.86. The number of benzene rings is 1. The van der Waals surface area contributed by atoms with Gasteiger partial charge in [-0.2, -0.15) is 0 Å². The van der Waals surface area contributed by atoms with Crippen LogP contribution in [-0.4, -0.2) is 30.1 Å². The Bertz CT molecular complexity index is 696. The van der Waals surface area contributed by atoms with Gasteiger partial charge in [0.05, 0.1) is 11.8 Å². The second-order valence-electron chi connectivity index (χ2n) is 5.61. The van der Waals surface area contributed by atoms with Gasteiger partial charge >= 0.3 is 0 Å². The molecule has 1 N–H and O–H groups in total. The smallest absolute Gasteiger partial charge is 0.263 e. The number of carbonyl (C=O) groups is 1. The molecule has 2 aromatic rings. The SMILES string of the molecule is Cc1nc(COc2ccc(F)cc2)sc1C(=O)NC[C@@H]1CCCO1. The average molecular weight is 350 g/mol. The number of hydrogen-bond acceptors (Lipinski definition) is 5. The third-order valence-electron chi connectivity index (χ3n) is 3.74. The van der Waals surface area contributed by atoms with Crippen LogP contribution in [0.2, 0.25) is 0 Å². The first kappa shape index (κ1) is 16.9. The second kappa shape index (κ2) is 7.72. The van der Waals surface area contributed by atoms with Gasteiger partial charge in [0, 0.05) is 13.2 Å². The molecule has 0 aliphatic carbocycles. The maximum atomic E-state index is 12.9. The van der Waals surface area contributed by atoms with Crippen molar-refractivity contribution in [1.82, 2.24) is 10.3 Å². The minimum atomic E-state index is -0.308. The zero-order valence-electron chi connectivity index (χ0n) is 13.4. The monoisotopic (exact) mass is 350 g/mol. The van der Waals surface area contributed by atoms with Crippen molar-refractivity contribution in [3.8, 4) is 5.75 Å². The van der Waals surface area contributed by atoms with E-state index in [0.717, 1.165) is 19.4 Å². The van der Waals surface area contributed by atoms with Crippen LogP contribution in [0, 0.1) is 12.7 Å². The molecule has 3 rings (SSSR count). The largest absolute Gasteiger partial charge is 0.486 e. The van der Waals surface area contributed by atoms with E-state index in [1.807, 2.05) is 0 Å². The quantitative estimate of drug-likeness (QED) is 0.870.